The summed E-state index contributed by atoms with van der Waals surface area (Å²) in [5, 5.41) is 0.965. The largest absolute Gasteiger partial charge is 0.290 e. The number of carbonyl (C=O) groups excluding carboxylic acids is 1. The van der Waals surface area contributed by atoms with E-state index in [4.69, 9.17) is 5.84 Å². The SMILES string of the molecule is Cc1cc(C)c2nc(C)c(C(=O)NN)cc2c1. The van der Waals surface area contributed by atoms with E-state index < -0.39 is 0 Å². The molecule has 3 N–H and O–H groups in total. The molecule has 4 heteroatoms. The molecule has 0 bridgehead atoms. The number of nitrogens with zero attached hydrogens (tertiary/aromatic N) is 1. The molecule has 2 aromatic rings. The smallest absolute Gasteiger partial charge is 0.267 e. The maximum Gasteiger partial charge on any atom is 0.267 e. The highest BCUT2D eigenvalue weighted by Gasteiger charge is 2.11. The summed E-state index contributed by atoms with van der Waals surface area (Å²) in [7, 11) is 0. The van der Waals surface area contributed by atoms with E-state index in [1.54, 1.807) is 0 Å². The Balaban J connectivity index is 2.76. The Kier molecular flexibility index (Phi) is 2.81. The second-order valence-electron chi connectivity index (χ2n) is 4.25. The number of rotatable bonds is 1. The number of aryl methyl sites for hydroxylation is 3. The first-order valence-corrected chi connectivity index (χ1v) is 5.42. The zero-order valence-electron chi connectivity index (χ0n) is 10.2. The molecule has 1 amide bonds. The minimum absolute atomic E-state index is 0.309. The minimum atomic E-state index is -0.309. The lowest BCUT2D eigenvalue weighted by Crippen LogP contribution is -2.30. The number of nitrogens with two attached hydrogens (primary N) is 1. The number of benzene rings is 1. The minimum Gasteiger partial charge on any atom is -0.290 e. The first-order valence-electron chi connectivity index (χ1n) is 5.42. The third kappa shape index (κ3) is 1.99. The number of hydrogen-bond acceptors (Lipinski definition) is 3. The van der Waals surface area contributed by atoms with Crippen molar-refractivity contribution in [3.63, 3.8) is 0 Å². The highest BCUT2D eigenvalue weighted by Crippen LogP contribution is 2.21. The number of aromatic nitrogens is 1. The molecule has 0 atom stereocenters. The van der Waals surface area contributed by atoms with Crippen LogP contribution in [0.3, 0.4) is 0 Å². The van der Waals surface area contributed by atoms with Gasteiger partial charge in [0.15, 0.2) is 0 Å². The van der Waals surface area contributed by atoms with Crippen LogP contribution in [-0.2, 0) is 0 Å². The molecule has 0 aliphatic heterocycles. The molecule has 0 saturated heterocycles. The van der Waals surface area contributed by atoms with Crippen LogP contribution in [0.5, 0.6) is 0 Å². The molecule has 1 aromatic carbocycles. The van der Waals surface area contributed by atoms with Crippen molar-refractivity contribution in [3.8, 4) is 0 Å². The summed E-state index contributed by atoms with van der Waals surface area (Å²) in [4.78, 5) is 16.0. The molecule has 0 saturated carbocycles. The van der Waals surface area contributed by atoms with Gasteiger partial charge in [-0.2, -0.15) is 0 Å². The summed E-state index contributed by atoms with van der Waals surface area (Å²) < 4.78 is 0. The van der Waals surface area contributed by atoms with Crippen molar-refractivity contribution in [1.82, 2.24) is 10.4 Å². The average Bonchev–Trinajstić information content (AvgIpc) is 2.28. The maximum absolute atomic E-state index is 11.6. The van der Waals surface area contributed by atoms with Gasteiger partial charge in [0, 0.05) is 5.39 Å². The van der Waals surface area contributed by atoms with Crippen molar-refractivity contribution >= 4 is 16.8 Å². The van der Waals surface area contributed by atoms with Gasteiger partial charge in [0.25, 0.3) is 5.91 Å². The number of pyridine rings is 1. The third-order valence-electron chi connectivity index (χ3n) is 2.82. The summed E-state index contributed by atoms with van der Waals surface area (Å²) in [5.41, 5.74) is 6.54. The van der Waals surface area contributed by atoms with Crippen molar-refractivity contribution in [2.24, 2.45) is 5.84 Å². The number of nitrogens with one attached hydrogen (secondary N) is 1. The first-order chi connectivity index (χ1) is 8.02. The zero-order valence-corrected chi connectivity index (χ0v) is 10.2. The molecular formula is C13H15N3O. The molecule has 2 rings (SSSR count). The highest BCUT2D eigenvalue weighted by atomic mass is 16.2. The predicted molar refractivity (Wildman–Crippen MR) is 67.6 cm³/mol. The molecule has 1 heterocycles. The maximum atomic E-state index is 11.6. The summed E-state index contributed by atoms with van der Waals surface area (Å²) >= 11 is 0. The van der Waals surface area contributed by atoms with Crippen molar-refractivity contribution in [2.75, 3.05) is 0 Å². The Morgan fingerprint density at radius 3 is 2.59 bits per heavy atom. The lowest BCUT2D eigenvalue weighted by atomic mass is 10.0. The van der Waals surface area contributed by atoms with Gasteiger partial charge in [-0.25, -0.2) is 5.84 Å². The van der Waals surface area contributed by atoms with Crippen LogP contribution in [-0.4, -0.2) is 10.9 Å². The van der Waals surface area contributed by atoms with Crippen molar-refractivity contribution < 1.29 is 4.79 Å². The third-order valence-corrected chi connectivity index (χ3v) is 2.82. The molecule has 88 valence electrons. The first kappa shape index (κ1) is 11.5. The van der Waals surface area contributed by atoms with Crippen molar-refractivity contribution in [1.29, 1.82) is 0 Å². The highest BCUT2D eigenvalue weighted by molar-refractivity contribution is 5.98. The second kappa shape index (κ2) is 4.14. The fourth-order valence-electron chi connectivity index (χ4n) is 2.05. The Bertz CT molecular complexity index is 605. The molecule has 0 fully saturated rings. The Labute approximate surface area is 99.8 Å². The quantitative estimate of drug-likeness (QED) is 0.445. The number of hydrogen-bond donors (Lipinski definition) is 2. The van der Waals surface area contributed by atoms with Crippen LogP contribution in [0.1, 0.15) is 27.2 Å². The van der Waals surface area contributed by atoms with Gasteiger partial charge in [-0.05, 0) is 38.5 Å². The molecule has 0 radical (unpaired) electrons. The average molecular weight is 229 g/mol. The normalized spacial score (nSPS) is 10.6. The fourth-order valence-corrected chi connectivity index (χ4v) is 2.05. The van der Waals surface area contributed by atoms with Gasteiger partial charge in [-0.1, -0.05) is 11.6 Å². The molecular weight excluding hydrogens is 214 g/mol. The number of fused-ring (bicyclic) bond motifs is 1. The van der Waals surface area contributed by atoms with E-state index in [2.05, 4.69) is 16.5 Å². The van der Waals surface area contributed by atoms with E-state index in [0.29, 0.717) is 11.3 Å². The van der Waals surface area contributed by atoms with Crippen LogP contribution < -0.4 is 11.3 Å². The fraction of sp³-hybridized carbons (Fsp3) is 0.231. The van der Waals surface area contributed by atoms with Crippen LogP contribution >= 0.6 is 0 Å². The van der Waals surface area contributed by atoms with Gasteiger partial charge in [-0.3, -0.25) is 15.2 Å². The Morgan fingerprint density at radius 1 is 1.24 bits per heavy atom. The zero-order chi connectivity index (χ0) is 12.6. The van der Waals surface area contributed by atoms with Gasteiger partial charge in [0.05, 0.1) is 16.8 Å². The molecule has 17 heavy (non-hydrogen) atoms. The Hall–Kier alpha value is -1.94. The van der Waals surface area contributed by atoms with Crippen LogP contribution in [0.25, 0.3) is 10.9 Å². The number of nitrogen functional groups attached to an aromatic ring is 1. The van der Waals surface area contributed by atoms with E-state index in [0.717, 1.165) is 22.0 Å². The van der Waals surface area contributed by atoms with Gasteiger partial charge in [-0.15, -0.1) is 0 Å². The van der Waals surface area contributed by atoms with Crippen LogP contribution in [0, 0.1) is 20.8 Å². The van der Waals surface area contributed by atoms with Gasteiger partial charge < -0.3 is 0 Å². The van der Waals surface area contributed by atoms with E-state index in [1.165, 1.54) is 0 Å². The van der Waals surface area contributed by atoms with Gasteiger partial charge >= 0.3 is 0 Å². The molecule has 0 spiro atoms. The summed E-state index contributed by atoms with van der Waals surface area (Å²) in [6, 6.07) is 5.93. The predicted octanol–water partition coefficient (Wildman–Crippen LogP) is 1.76. The number of hydrazine groups is 1. The molecule has 0 aliphatic carbocycles. The van der Waals surface area contributed by atoms with Crippen LogP contribution in [0.2, 0.25) is 0 Å². The lowest BCUT2D eigenvalue weighted by Gasteiger charge is -2.08. The topological polar surface area (TPSA) is 68.0 Å². The van der Waals surface area contributed by atoms with E-state index in [1.807, 2.05) is 32.9 Å². The van der Waals surface area contributed by atoms with Gasteiger partial charge in [0.1, 0.15) is 0 Å². The molecule has 4 nitrogen and oxygen atoms in total. The van der Waals surface area contributed by atoms with E-state index >= 15 is 0 Å². The summed E-state index contributed by atoms with van der Waals surface area (Å²) in [6.07, 6.45) is 0. The molecule has 0 unspecified atom stereocenters. The Morgan fingerprint density at radius 2 is 1.94 bits per heavy atom. The van der Waals surface area contributed by atoms with Crippen molar-refractivity contribution in [3.05, 3.63) is 40.6 Å². The van der Waals surface area contributed by atoms with E-state index in [-0.39, 0.29) is 5.91 Å². The van der Waals surface area contributed by atoms with Crippen molar-refractivity contribution in [2.45, 2.75) is 20.8 Å². The van der Waals surface area contributed by atoms with Gasteiger partial charge in [0.2, 0.25) is 0 Å². The van der Waals surface area contributed by atoms with E-state index in [9.17, 15) is 4.79 Å². The number of carbonyl (C=O) groups is 1. The number of amides is 1. The lowest BCUT2D eigenvalue weighted by molar-refractivity contribution is 0.0953. The van der Waals surface area contributed by atoms with Crippen LogP contribution in [0.15, 0.2) is 18.2 Å². The molecule has 1 aromatic heterocycles. The summed E-state index contributed by atoms with van der Waals surface area (Å²) in [6.45, 7) is 5.85. The second-order valence-corrected chi connectivity index (χ2v) is 4.25. The molecule has 0 aliphatic rings. The standard InChI is InChI=1S/C13H15N3O/c1-7-4-8(2)12-10(5-7)6-11(9(3)15-12)13(17)16-14/h4-6H,14H2,1-3H3,(H,16,17). The van der Waals surface area contributed by atoms with Crippen LogP contribution in [0.4, 0.5) is 0 Å². The monoisotopic (exact) mass is 229 g/mol. The summed E-state index contributed by atoms with van der Waals surface area (Å²) in [5.74, 6) is 4.84.